The second kappa shape index (κ2) is 16.2. The van der Waals surface area contributed by atoms with Crippen molar-refractivity contribution in [1.82, 2.24) is 16.1 Å². The normalized spacial score (nSPS) is 15.1. The van der Waals surface area contributed by atoms with Crippen molar-refractivity contribution in [1.29, 1.82) is 0 Å². The first-order valence-electron chi connectivity index (χ1n) is 14.9. The van der Waals surface area contributed by atoms with E-state index in [0.29, 0.717) is 54.1 Å². The number of esters is 1. The zero-order valence-electron chi connectivity index (χ0n) is 26.6. The summed E-state index contributed by atoms with van der Waals surface area (Å²) in [5.74, 6) is 1.37. The number of rotatable bonds is 15. The highest BCUT2D eigenvalue weighted by atomic mass is 16.5. The lowest BCUT2D eigenvalue weighted by atomic mass is 9.95. The van der Waals surface area contributed by atoms with Crippen molar-refractivity contribution >= 4 is 18.2 Å². The van der Waals surface area contributed by atoms with Crippen LogP contribution >= 0.6 is 0 Å². The maximum atomic E-state index is 12.5. The minimum atomic E-state index is -1.14. The molecule has 4 N–H and O–H groups in total. The molecule has 244 valence electrons. The van der Waals surface area contributed by atoms with Crippen LogP contribution < -0.4 is 35.0 Å². The van der Waals surface area contributed by atoms with Crippen LogP contribution in [0.15, 0.2) is 77.0 Å². The minimum Gasteiger partial charge on any atom is -0.490 e. The lowest BCUT2D eigenvalue weighted by molar-refractivity contribution is -0.136. The number of carbonyl (C=O) groups excluding carboxylic acids is 2. The third-order valence-electron chi connectivity index (χ3n) is 6.85. The van der Waals surface area contributed by atoms with E-state index in [1.807, 2.05) is 57.2 Å². The Kier molecular flexibility index (Phi) is 11.8. The molecule has 46 heavy (non-hydrogen) atoms. The van der Waals surface area contributed by atoms with Crippen LogP contribution in [0.5, 0.6) is 23.0 Å². The predicted octanol–water partition coefficient (Wildman–Crippen LogP) is 4.49. The molecule has 3 aromatic rings. The molecule has 12 heteroatoms. The molecule has 0 saturated heterocycles. The van der Waals surface area contributed by atoms with E-state index in [-0.39, 0.29) is 12.2 Å². The van der Waals surface area contributed by atoms with E-state index in [4.69, 9.17) is 23.7 Å². The first kappa shape index (κ1) is 33.7. The molecular weight excluding hydrogens is 592 g/mol. The summed E-state index contributed by atoms with van der Waals surface area (Å²) in [5.41, 5.74) is 6.86. The fourth-order valence-corrected chi connectivity index (χ4v) is 4.78. The Balaban J connectivity index is 1.37. The Bertz CT molecular complexity index is 1590. The third kappa shape index (κ3) is 8.91. The van der Waals surface area contributed by atoms with Crippen molar-refractivity contribution in [3.8, 4) is 23.0 Å². The molecule has 2 atom stereocenters. The van der Waals surface area contributed by atoms with Gasteiger partial charge in [-0.15, -0.1) is 0 Å². The number of ether oxygens (including phenoxy) is 5. The smallest absolute Gasteiger partial charge is 0.337 e. The number of nitrogens with zero attached hydrogens (tertiary/aromatic N) is 1. The summed E-state index contributed by atoms with van der Waals surface area (Å²) in [6.07, 6.45) is 0.409. The molecular formula is C34H40N4O8. The summed E-state index contributed by atoms with van der Waals surface area (Å²) in [7, 11) is 1.28. The van der Waals surface area contributed by atoms with Crippen LogP contribution in [0.3, 0.4) is 0 Å². The van der Waals surface area contributed by atoms with Crippen LogP contribution in [0.1, 0.15) is 49.1 Å². The van der Waals surface area contributed by atoms with Crippen LogP contribution in [-0.2, 0) is 16.1 Å². The van der Waals surface area contributed by atoms with E-state index in [1.165, 1.54) is 7.11 Å². The van der Waals surface area contributed by atoms with Crippen molar-refractivity contribution in [2.45, 2.75) is 46.6 Å². The van der Waals surface area contributed by atoms with Crippen LogP contribution in [0.2, 0.25) is 0 Å². The first-order chi connectivity index (χ1) is 22.2. The molecule has 0 fully saturated rings. The van der Waals surface area contributed by atoms with Crippen molar-refractivity contribution in [3.05, 3.63) is 94.2 Å². The molecule has 0 unspecified atom stereocenters. The molecule has 0 saturated carbocycles. The summed E-state index contributed by atoms with van der Waals surface area (Å²) in [4.78, 5) is 24.6. The zero-order valence-corrected chi connectivity index (χ0v) is 26.6. The number of allylic oxidation sites excluding steroid dienone is 1. The van der Waals surface area contributed by atoms with Gasteiger partial charge in [-0.05, 0) is 74.7 Å². The van der Waals surface area contributed by atoms with Crippen molar-refractivity contribution < 1.29 is 38.4 Å². The van der Waals surface area contributed by atoms with Gasteiger partial charge in [0.05, 0.1) is 38.2 Å². The Hall–Kier alpha value is -5.23. The number of aliphatic hydroxyl groups is 1. The van der Waals surface area contributed by atoms with Crippen LogP contribution in [0, 0.1) is 6.92 Å². The van der Waals surface area contributed by atoms with Gasteiger partial charge in [0.2, 0.25) is 0 Å². The summed E-state index contributed by atoms with van der Waals surface area (Å²) in [6.45, 7) is 8.45. The molecule has 4 rings (SSSR count). The van der Waals surface area contributed by atoms with Crippen molar-refractivity contribution in [2.75, 3.05) is 26.9 Å². The summed E-state index contributed by atoms with van der Waals surface area (Å²) in [5, 5.41) is 20.0. The average Bonchev–Trinajstić information content (AvgIpc) is 3.03. The number of hydrogen-bond acceptors (Lipinski definition) is 10. The molecule has 0 aromatic heterocycles. The van der Waals surface area contributed by atoms with Crippen LogP contribution in [-0.4, -0.2) is 56.5 Å². The predicted molar refractivity (Wildman–Crippen MR) is 172 cm³/mol. The standard InChI is InChI=1S/C34H40N4O8/c1-6-43-28-16-23(11-13-26(28)45-19-24-10-8-9-21(3)15-24)18-35-38-30(39)20-46-27-14-12-25(17-29(27)44-7-2)32-31(33(40)42-5)22(4)36-34(41)37-32/h8-18,30,32,38-39H,6-7,19-20H2,1-5H3,(H2,36,37,41)/b35-18-/t30-,32+/m1/s1. The second-order valence-electron chi connectivity index (χ2n) is 10.3. The van der Waals surface area contributed by atoms with Crippen LogP contribution in [0.4, 0.5) is 4.79 Å². The third-order valence-corrected chi connectivity index (χ3v) is 6.85. The van der Waals surface area contributed by atoms with Gasteiger partial charge in [-0.1, -0.05) is 35.9 Å². The van der Waals surface area contributed by atoms with Gasteiger partial charge in [-0.2, -0.15) is 5.10 Å². The van der Waals surface area contributed by atoms with Gasteiger partial charge in [0.15, 0.2) is 29.2 Å². The maximum Gasteiger partial charge on any atom is 0.337 e. The van der Waals surface area contributed by atoms with Gasteiger partial charge in [-0.3, -0.25) is 5.43 Å². The Morgan fingerprint density at radius 2 is 1.67 bits per heavy atom. The molecule has 12 nitrogen and oxygen atoms in total. The zero-order chi connectivity index (χ0) is 33.1. The van der Waals surface area contributed by atoms with Gasteiger partial charge in [0.1, 0.15) is 13.2 Å². The number of amides is 2. The monoisotopic (exact) mass is 632 g/mol. The molecule has 2 amide bonds. The maximum absolute atomic E-state index is 12.5. The molecule has 0 radical (unpaired) electrons. The number of hydrazone groups is 1. The highest BCUT2D eigenvalue weighted by Crippen LogP contribution is 2.35. The van der Waals surface area contributed by atoms with Crippen LogP contribution in [0.25, 0.3) is 0 Å². The molecule has 1 aliphatic heterocycles. The second-order valence-corrected chi connectivity index (χ2v) is 10.3. The fourth-order valence-electron chi connectivity index (χ4n) is 4.78. The number of benzene rings is 3. The van der Waals surface area contributed by atoms with Crippen molar-refractivity contribution in [3.63, 3.8) is 0 Å². The van der Waals surface area contributed by atoms with E-state index in [9.17, 15) is 14.7 Å². The minimum absolute atomic E-state index is 0.150. The number of urea groups is 1. The van der Waals surface area contributed by atoms with E-state index in [1.54, 1.807) is 31.3 Å². The van der Waals surface area contributed by atoms with Gasteiger partial charge in [0, 0.05) is 5.70 Å². The van der Waals surface area contributed by atoms with E-state index in [2.05, 4.69) is 27.2 Å². The highest BCUT2D eigenvalue weighted by molar-refractivity contribution is 5.95. The summed E-state index contributed by atoms with van der Waals surface area (Å²) >= 11 is 0. The fraction of sp³-hybridized carbons (Fsp3) is 0.324. The highest BCUT2D eigenvalue weighted by Gasteiger charge is 2.32. The topological polar surface area (TPSA) is 149 Å². The van der Waals surface area contributed by atoms with E-state index < -0.39 is 24.3 Å². The molecule has 0 bridgehead atoms. The summed E-state index contributed by atoms with van der Waals surface area (Å²) in [6, 6.07) is 17.4. The largest absolute Gasteiger partial charge is 0.490 e. The number of aliphatic hydroxyl groups excluding tert-OH is 1. The van der Waals surface area contributed by atoms with Gasteiger partial charge in [0.25, 0.3) is 0 Å². The van der Waals surface area contributed by atoms with Crippen molar-refractivity contribution in [2.24, 2.45) is 5.10 Å². The number of nitrogens with one attached hydrogen (secondary N) is 3. The molecule has 0 aliphatic carbocycles. The van der Waals surface area contributed by atoms with E-state index >= 15 is 0 Å². The number of hydrogen-bond donors (Lipinski definition) is 4. The molecule has 1 heterocycles. The molecule has 1 aliphatic rings. The quantitative estimate of drug-likeness (QED) is 0.0823. The van der Waals surface area contributed by atoms with E-state index in [0.717, 1.165) is 16.7 Å². The number of aryl methyl sites for hydroxylation is 1. The van der Waals surface area contributed by atoms with Gasteiger partial charge >= 0.3 is 12.0 Å². The Morgan fingerprint density at radius 3 is 2.39 bits per heavy atom. The Labute approximate surface area is 268 Å². The first-order valence-corrected chi connectivity index (χ1v) is 14.9. The summed E-state index contributed by atoms with van der Waals surface area (Å²) < 4.78 is 28.3. The molecule has 0 spiro atoms. The SMILES string of the molecule is CCOc1cc(/C=N\N[C@H](O)COc2ccc([C@@H]3NC(=O)NC(C)=C3C(=O)OC)cc2OCC)ccc1OCc1cccc(C)c1. The van der Waals surface area contributed by atoms with Gasteiger partial charge in [-0.25, -0.2) is 9.59 Å². The number of carbonyl (C=O) groups is 2. The average molecular weight is 633 g/mol. The lowest BCUT2D eigenvalue weighted by Gasteiger charge is -2.28. The Morgan fingerprint density at radius 1 is 0.957 bits per heavy atom. The van der Waals surface area contributed by atoms with Gasteiger partial charge < -0.3 is 39.4 Å². The number of methoxy groups -OCH3 is 1. The lowest BCUT2D eigenvalue weighted by Crippen LogP contribution is -2.45. The molecule has 3 aromatic carbocycles.